The fraction of sp³-hybridized carbons (Fsp3) is 0.211. The third-order valence-corrected chi connectivity index (χ3v) is 4.90. The van der Waals surface area contributed by atoms with Gasteiger partial charge in [-0.2, -0.15) is 0 Å². The number of methoxy groups -OCH3 is 1. The van der Waals surface area contributed by atoms with Crippen LogP contribution in [0.1, 0.15) is 12.5 Å². The summed E-state index contributed by atoms with van der Waals surface area (Å²) < 4.78 is 5.92. The van der Waals surface area contributed by atoms with Gasteiger partial charge in [0.2, 0.25) is 5.91 Å². The first-order valence-corrected chi connectivity index (χ1v) is 8.97. The van der Waals surface area contributed by atoms with Crippen LogP contribution in [0.5, 0.6) is 5.75 Å². The molecule has 0 spiro atoms. The molecule has 0 unspecified atom stereocenters. The molecule has 0 bridgehead atoms. The number of carbonyl (C=O) groups is 3. The summed E-state index contributed by atoms with van der Waals surface area (Å²) >= 11 is 3.34. The minimum Gasteiger partial charge on any atom is -0.497 e. The summed E-state index contributed by atoms with van der Waals surface area (Å²) in [6.07, 6.45) is 0. The van der Waals surface area contributed by atoms with Crippen molar-refractivity contribution in [3.8, 4) is 5.75 Å². The zero-order chi connectivity index (χ0) is 19.6. The van der Waals surface area contributed by atoms with E-state index in [0.717, 1.165) is 9.37 Å². The standard InChI is InChI=1S/C19H18BrN3O4/c1-19(12-3-5-13(20)6-4-12)17(25)23(18(26)22-19)11-16(24)21-14-7-9-15(27-2)10-8-14/h3-10H,11H2,1-2H3,(H,21,24)(H,22,26)/t19-/m1/s1. The summed E-state index contributed by atoms with van der Waals surface area (Å²) in [6.45, 7) is 1.25. The van der Waals surface area contributed by atoms with Gasteiger partial charge in [-0.05, 0) is 48.9 Å². The van der Waals surface area contributed by atoms with Crippen molar-refractivity contribution < 1.29 is 19.1 Å². The highest BCUT2D eigenvalue weighted by molar-refractivity contribution is 9.10. The maximum atomic E-state index is 12.8. The van der Waals surface area contributed by atoms with E-state index in [1.807, 2.05) is 0 Å². The van der Waals surface area contributed by atoms with Crippen LogP contribution in [0.3, 0.4) is 0 Å². The number of urea groups is 1. The van der Waals surface area contributed by atoms with Crippen molar-refractivity contribution in [3.05, 3.63) is 58.6 Å². The largest absolute Gasteiger partial charge is 0.497 e. The van der Waals surface area contributed by atoms with E-state index in [1.165, 1.54) is 0 Å². The first kappa shape index (κ1) is 18.9. The summed E-state index contributed by atoms with van der Waals surface area (Å²) in [5.74, 6) is -0.282. The molecule has 0 aliphatic carbocycles. The number of halogens is 1. The Balaban J connectivity index is 1.71. The third kappa shape index (κ3) is 3.80. The van der Waals surface area contributed by atoms with Crippen molar-refractivity contribution in [2.45, 2.75) is 12.5 Å². The molecule has 1 aliphatic heterocycles. The van der Waals surface area contributed by atoms with E-state index in [4.69, 9.17) is 4.74 Å². The number of benzene rings is 2. The fourth-order valence-electron chi connectivity index (χ4n) is 2.84. The molecule has 1 heterocycles. The lowest BCUT2D eigenvalue weighted by Crippen LogP contribution is -2.42. The topological polar surface area (TPSA) is 87.7 Å². The lowest BCUT2D eigenvalue weighted by Gasteiger charge is -2.22. The highest BCUT2D eigenvalue weighted by atomic mass is 79.9. The Morgan fingerprint density at radius 3 is 2.37 bits per heavy atom. The van der Waals surface area contributed by atoms with Crippen molar-refractivity contribution in [1.82, 2.24) is 10.2 Å². The van der Waals surface area contributed by atoms with Gasteiger partial charge in [-0.15, -0.1) is 0 Å². The molecule has 8 heteroatoms. The van der Waals surface area contributed by atoms with Gasteiger partial charge in [0.15, 0.2) is 0 Å². The molecule has 1 atom stereocenters. The Morgan fingerprint density at radius 2 is 1.78 bits per heavy atom. The molecule has 140 valence electrons. The summed E-state index contributed by atoms with van der Waals surface area (Å²) in [5, 5.41) is 5.34. The lowest BCUT2D eigenvalue weighted by atomic mass is 9.92. The van der Waals surface area contributed by atoms with E-state index in [1.54, 1.807) is 62.6 Å². The van der Waals surface area contributed by atoms with Gasteiger partial charge in [0.1, 0.15) is 17.8 Å². The Kier molecular flexibility index (Phi) is 5.18. The van der Waals surface area contributed by atoms with Crippen LogP contribution in [-0.4, -0.2) is 36.4 Å². The zero-order valence-corrected chi connectivity index (χ0v) is 16.4. The Morgan fingerprint density at radius 1 is 1.15 bits per heavy atom. The SMILES string of the molecule is COc1ccc(NC(=O)CN2C(=O)N[C@](C)(c3ccc(Br)cc3)C2=O)cc1. The van der Waals surface area contributed by atoms with Crippen LogP contribution in [-0.2, 0) is 15.1 Å². The van der Waals surface area contributed by atoms with E-state index in [9.17, 15) is 14.4 Å². The maximum Gasteiger partial charge on any atom is 0.325 e. The number of imide groups is 1. The summed E-state index contributed by atoms with van der Waals surface area (Å²) in [7, 11) is 1.55. The molecule has 7 nitrogen and oxygen atoms in total. The van der Waals surface area contributed by atoms with Gasteiger partial charge in [0.05, 0.1) is 7.11 Å². The van der Waals surface area contributed by atoms with Gasteiger partial charge < -0.3 is 15.4 Å². The number of carbonyl (C=O) groups excluding carboxylic acids is 3. The maximum absolute atomic E-state index is 12.8. The average Bonchev–Trinajstić information content (AvgIpc) is 2.87. The first-order chi connectivity index (χ1) is 12.8. The van der Waals surface area contributed by atoms with Gasteiger partial charge in [-0.1, -0.05) is 28.1 Å². The minimum absolute atomic E-state index is 0.372. The number of anilines is 1. The number of rotatable bonds is 5. The highest BCUT2D eigenvalue weighted by Gasteiger charge is 2.49. The Labute approximate surface area is 164 Å². The van der Waals surface area contributed by atoms with E-state index >= 15 is 0 Å². The van der Waals surface area contributed by atoms with Crippen molar-refractivity contribution in [2.75, 3.05) is 19.0 Å². The van der Waals surface area contributed by atoms with Crippen LogP contribution in [0.15, 0.2) is 53.0 Å². The Hall–Kier alpha value is -2.87. The van der Waals surface area contributed by atoms with Crippen LogP contribution < -0.4 is 15.4 Å². The van der Waals surface area contributed by atoms with Crippen LogP contribution in [0.4, 0.5) is 10.5 Å². The molecule has 2 aromatic carbocycles. The number of nitrogens with one attached hydrogen (secondary N) is 2. The molecule has 1 fully saturated rings. The van der Waals surface area contributed by atoms with Crippen molar-refractivity contribution in [1.29, 1.82) is 0 Å². The smallest absolute Gasteiger partial charge is 0.325 e. The zero-order valence-electron chi connectivity index (χ0n) is 14.8. The van der Waals surface area contributed by atoms with Gasteiger partial charge in [-0.3, -0.25) is 14.5 Å². The normalized spacial score (nSPS) is 19.0. The van der Waals surface area contributed by atoms with Crippen molar-refractivity contribution in [2.24, 2.45) is 0 Å². The van der Waals surface area contributed by atoms with Crippen LogP contribution >= 0.6 is 15.9 Å². The molecule has 2 aromatic rings. The molecule has 4 amide bonds. The monoisotopic (exact) mass is 431 g/mol. The van der Waals surface area contributed by atoms with Crippen LogP contribution in [0, 0.1) is 0 Å². The fourth-order valence-corrected chi connectivity index (χ4v) is 3.10. The lowest BCUT2D eigenvalue weighted by molar-refractivity contribution is -0.133. The summed E-state index contributed by atoms with van der Waals surface area (Å²) in [6, 6.07) is 13.2. The van der Waals surface area contributed by atoms with E-state index in [2.05, 4.69) is 26.6 Å². The number of hydrogen-bond donors (Lipinski definition) is 2. The van der Waals surface area contributed by atoms with E-state index < -0.39 is 23.4 Å². The predicted octanol–water partition coefficient (Wildman–Crippen LogP) is 2.86. The van der Waals surface area contributed by atoms with E-state index in [-0.39, 0.29) is 6.54 Å². The second-order valence-electron chi connectivity index (χ2n) is 6.23. The molecule has 1 aliphatic rings. The number of amides is 4. The predicted molar refractivity (Wildman–Crippen MR) is 103 cm³/mol. The third-order valence-electron chi connectivity index (χ3n) is 4.37. The molecule has 0 radical (unpaired) electrons. The number of ether oxygens (including phenoxy) is 1. The summed E-state index contributed by atoms with van der Waals surface area (Å²) in [4.78, 5) is 38.3. The first-order valence-electron chi connectivity index (χ1n) is 8.17. The second kappa shape index (κ2) is 7.40. The van der Waals surface area contributed by atoms with Crippen LogP contribution in [0.2, 0.25) is 0 Å². The molecular weight excluding hydrogens is 414 g/mol. The number of nitrogens with zero attached hydrogens (tertiary/aromatic N) is 1. The molecule has 0 aromatic heterocycles. The molecule has 27 heavy (non-hydrogen) atoms. The number of hydrogen-bond acceptors (Lipinski definition) is 4. The minimum atomic E-state index is -1.21. The quantitative estimate of drug-likeness (QED) is 0.712. The van der Waals surface area contributed by atoms with E-state index in [0.29, 0.717) is 17.0 Å². The molecule has 2 N–H and O–H groups in total. The molecule has 3 rings (SSSR count). The molecular formula is C19H18BrN3O4. The highest BCUT2D eigenvalue weighted by Crippen LogP contribution is 2.29. The second-order valence-corrected chi connectivity index (χ2v) is 7.15. The summed E-state index contributed by atoms with van der Waals surface area (Å²) in [5.41, 5.74) is -0.0244. The van der Waals surface area contributed by atoms with Gasteiger partial charge in [0, 0.05) is 10.2 Å². The van der Waals surface area contributed by atoms with Crippen molar-refractivity contribution >= 4 is 39.5 Å². The van der Waals surface area contributed by atoms with Gasteiger partial charge in [-0.25, -0.2) is 4.79 Å². The Bertz CT molecular complexity index is 883. The van der Waals surface area contributed by atoms with Crippen LogP contribution in [0.25, 0.3) is 0 Å². The molecule has 1 saturated heterocycles. The van der Waals surface area contributed by atoms with Crippen molar-refractivity contribution in [3.63, 3.8) is 0 Å². The molecule has 0 saturated carbocycles. The van der Waals surface area contributed by atoms with Gasteiger partial charge in [0.25, 0.3) is 5.91 Å². The average molecular weight is 432 g/mol. The van der Waals surface area contributed by atoms with Gasteiger partial charge >= 0.3 is 6.03 Å².